The van der Waals surface area contributed by atoms with Gasteiger partial charge in [-0.3, -0.25) is 4.79 Å². The maximum absolute atomic E-state index is 12.3. The Morgan fingerprint density at radius 3 is 2.92 bits per heavy atom. The monoisotopic (exact) mass is 351 g/mol. The smallest absolute Gasteiger partial charge is 0.353 e. The molecule has 24 heavy (non-hydrogen) atoms. The molecule has 4 atom stereocenters. The normalized spacial score (nSPS) is 32.6. The Morgan fingerprint density at radius 2 is 2.29 bits per heavy atom. The van der Waals surface area contributed by atoms with E-state index in [1.165, 1.54) is 16.7 Å². The number of amides is 1. The van der Waals surface area contributed by atoms with Crippen molar-refractivity contribution in [2.75, 3.05) is 0 Å². The minimum absolute atomic E-state index is 0.0820. The minimum atomic E-state index is -1.07. The van der Waals surface area contributed by atoms with Crippen LogP contribution < -0.4 is 4.68 Å². The maximum atomic E-state index is 12.3. The van der Waals surface area contributed by atoms with Crippen molar-refractivity contribution in [2.24, 2.45) is 11.8 Å². The number of carboxylic acids is 1. The third-order valence-corrected chi connectivity index (χ3v) is 6.57. The predicted molar refractivity (Wildman–Crippen MR) is 83.4 cm³/mol. The number of β-lactam (4-membered cyclic amide) rings is 1. The average Bonchev–Trinajstić information content (AvgIpc) is 3.12. The molecule has 1 fully saturated rings. The van der Waals surface area contributed by atoms with Crippen molar-refractivity contribution in [1.29, 1.82) is 0 Å². The second kappa shape index (κ2) is 5.32. The van der Waals surface area contributed by atoms with Crippen molar-refractivity contribution in [1.82, 2.24) is 14.6 Å². The van der Waals surface area contributed by atoms with Crippen molar-refractivity contribution in [3.05, 3.63) is 23.3 Å². The number of aromatic nitrogens is 3. The highest BCUT2D eigenvalue weighted by Crippen LogP contribution is 2.51. The number of hydrogen-bond donors (Lipinski definition) is 2. The Balaban J connectivity index is 1.61. The van der Waals surface area contributed by atoms with Crippen LogP contribution in [0.25, 0.3) is 0 Å². The van der Waals surface area contributed by atoms with E-state index in [-0.39, 0.29) is 28.8 Å². The zero-order chi connectivity index (χ0) is 17.2. The Kier molecular flexibility index (Phi) is 3.47. The van der Waals surface area contributed by atoms with Gasteiger partial charge >= 0.3 is 12.3 Å². The van der Waals surface area contributed by atoms with Crippen LogP contribution in [-0.4, -0.2) is 54.1 Å². The van der Waals surface area contributed by atoms with Crippen LogP contribution in [0.15, 0.2) is 23.3 Å². The molecule has 0 radical (unpaired) electrons. The van der Waals surface area contributed by atoms with Gasteiger partial charge < -0.3 is 15.1 Å². The van der Waals surface area contributed by atoms with Crippen molar-refractivity contribution in [3.63, 3.8) is 0 Å². The first-order valence-corrected chi connectivity index (χ1v) is 8.83. The highest BCUT2D eigenvalue weighted by Gasteiger charge is 2.60. The molecule has 0 bridgehead atoms. The van der Waals surface area contributed by atoms with Crippen LogP contribution >= 0.6 is 11.8 Å². The summed E-state index contributed by atoms with van der Waals surface area (Å²) in [5.41, 5.74) is 0.0964. The molecule has 1 aromatic heterocycles. The van der Waals surface area contributed by atoms with Gasteiger partial charge in [0.15, 0.2) is 0 Å². The second-order valence-electron chi connectivity index (χ2n) is 6.64. The molecule has 8 nitrogen and oxygen atoms in total. The fourth-order valence-corrected chi connectivity index (χ4v) is 5.49. The lowest BCUT2D eigenvalue weighted by Gasteiger charge is -2.46. The summed E-state index contributed by atoms with van der Waals surface area (Å²) in [6, 6.07) is -0.249. The fraction of sp³-hybridized carbons (Fsp3) is 0.600. The first-order chi connectivity index (χ1) is 11.4. The summed E-state index contributed by atoms with van der Waals surface area (Å²) in [6.45, 7) is 5.05. The molecule has 3 aliphatic heterocycles. The van der Waals surface area contributed by atoms with Gasteiger partial charge in [0.05, 0.1) is 29.9 Å². The molecule has 0 saturated carbocycles. The minimum Gasteiger partial charge on any atom is -0.477 e. The zero-order valence-electron chi connectivity index (χ0n) is 13.4. The van der Waals surface area contributed by atoms with Gasteiger partial charge in [0.25, 0.3) is 0 Å². The largest absolute Gasteiger partial charge is 0.477 e. The molecule has 128 valence electrons. The van der Waals surface area contributed by atoms with Crippen LogP contribution in [0.2, 0.25) is 0 Å². The van der Waals surface area contributed by atoms with Crippen molar-refractivity contribution >= 4 is 23.6 Å². The Hall–Kier alpha value is -1.87. The Labute approximate surface area is 142 Å². The van der Waals surface area contributed by atoms with E-state index in [4.69, 9.17) is 0 Å². The molecular formula is C15H19N4O4S+. The lowest BCUT2D eigenvalue weighted by Crippen LogP contribution is -2.63. The summed E-state index contributed by atoms with van der Waals surface area (Å²) in [7, 11) is 0. The molecule has 1 amide bonds. The van der Waals surface area contributed by atoms with E-state index in [1.807, 2.05) is 16.3 Å². The van der Waals surface area contributed by atoms with E-state index in [2.05, 4.69) is 4.98 Å². The Bertz CT molecular complexity index is 738. The predicted octanol–water partition coefficient (Wildman–Crippen LogP) is -0.560. The topological polar surface area (TPSA) is 99.5 Å². The summed E-state index contributed by atoms with van der Waals surface area (Å²) in [5.74, 6) is -1.95. The fourth-order valence-electron chi connectivity index (χ4n) is 4.03. The number of aliphatic hydroxyl groups is 1. The van der Waals surface area contributed by atoms with Crippen LogP contribution in [0.3, 0.4) is 0 Å². The van der Waals surface area contributed by atoms with E-state index >= 15 is 0 Å². The highest BCUT2D eigenvalue weighted by atomic mass is 32.2. The van der Waals surface area contributed by atoms with Crippen LogP contribution in [0.1, 0.15) is 13.8 Å². The molecule has 1 saturated heterocycles. The van der Waals surface area contributed by atoms with Crippen LogP contribution in [-0.2, 0) is 22.7 Å². The quantitative estimate of drug-likeness (QED) is 0.557. The SMILES string of the molecule is CC(O)[C@@H]1C(=O)N2C(C(=O)O)=C(SC3Cn4cnc[n+]4C3)[C@H](C)[C@H]12. The zero-order valence-corrected chi connectivity index (χ0v) is 14.2. The number of hydrogen-bond acceptors (Lipinski definition) is 5. The third-order valence-electron chi connectivity index (χ3n) is 5.12. The molecule has 0 aromatic carbocycles. The summed E-state index contributed by atoms with van der Waals surface area (Å²) >= 11 is 1.54. The standard InChI is InChI=1S/C15H18N4O4S/c1-7-11-10(8(2)20)14(21)19(11)12(15(22)23)13(7)24-9-3-17-5-16-6-18(17)4-9/h5-11,20H,3-4H2,1-2H3/p+1/t7-,8?,10+,11-/m1/s1. The lowest BCUT2D eigenvalue weighted by molar-refractivity contribution is -0.758. The van der Waals surface area contributed by atoms with Gasteiger partial charge in [-0.15, -0.1) is 11.8 Å². The average molecular weight is 351 g/mol. The number of nitrogens with zero attached hydrogens (tertiary/aromatic N) is 4. The number of carbonyl (C=O) groups excluding carboxylic acids is 1. The molecule has 9 heteroatoms. The van der Waals surface area contributed by atoms with Gasteiger partial charge in [-0.1, -0.05) is 6.92 Å². The number of fused-ring (bicyclic) bond motifs is 2. The molecule has 1 unspecified atom stereocenters. The molecule has 3 aliphatic rings. The molecule has 4 rings (SSSR count). The highest BCUT2D eigenvalue weighted by molar-refractivity contribution is 8.03. The number of carboxylic acid groups (broad SMARTS) is 1. The Morgan fingerprint density at radius 1 is 1.54 bits per heavy atom. The van der Waals surface area contributed by atoms with Gasteiger partial charge in [0.1, 0.15) is 12.2 Å². The van der Waals surface area contributed by atoms with E-state index in [9.17, 15) is 19.8 Å². The number of thioether (sulfide) groups is 1. The van der Waals surface area contributed by atoms with Gasteiger partial charge in [0.2, 0.25) is 12.2 Å². The first kappa shape index (κ1) is 15.6. The molecule has 0 spiro atoms. The van der Waals surface area contributed by atoms with E-state index < -0.39 is 18.0 Å². The van der Waals surface area contributed by atoms with Gasteiger partial charge in [0, 0.05) is 10.8 Å². The summed E-state index contributed by atoms with van der Waals surface area (Å²) in [6.07, 6.45) is 2.74. The van der Waals surface area contributed by atoms with Crippen LogP contribution in [0, 0.1) is 11.8 Å². The van der Waals surface area contributed by atoms with Crippen LogP contribution in [0.5, 0.6) is 0 Å². The summed E-state index contributed by atoms with van der Waals surface area (Å²) in [4.78, 5) is 30.3. The number of aliphatic hydroxyl groups excluding tert-OH is 1. The second-order valence-corrected chi connectivity index (χ2v) is 7.98. The lowest BCUT2D eigenvalue weighted by atomic mass is 9.79. The summed E-state index contributed by atoms with van der Waals surface area (Å²) in [5, 5.41) is 19.7. The molecule has 0 aliphatic carbocycles. The summed E-state index contributed by atoms with van der Waals surface area (Å²) < 4.78 is 3.99. The number of rotatable bonds is 4. The number of carbonyl (C=O) groups is 2. The number of aliphatic carboxylic acids is 1. The van der Waals surface area contributed by atoms with Gasteiger partial charge in [-0.05, 0) is 11.9 Å². The van der Waals surface area contributed by atoms with E-state index in [1.54, 1.807) is 19.6 Å². The molecular weight excluding hydrogens is 332 g/mol. The van der Waals surface area contributed by atoms with Crippen LogP contribution in [0.4, 0.5) is 0 Å². The van der Waals surface area contributed by atoms with Crippen molar-refractivity contribution in [2.45, 2.75) is 44.3 Å². The molecule has 1 aromatic rings. The molecule has 2 N–H and O–H groups in total. The maximum Gasteiger partial charge on any atom is 0.353 e. The molecule has 4 heterocycles. The first-order valence-electron chi connectivity index (χ1n) is 7.95. The van der Waals surface area contributed by atoms with E-state index in [0.717, 1.165) is 18.0 Å². The third kappa shape index (κ3) is 2.04. The van der Waals surface area contributed by atoms with Gasteiger partial charge in [-0.2, -0.15) is 9.36 Å². The van der Waals surface area contributed by atoms with Crippen molar-refractivity contribution < 1.29 is 24.5 Å². The van der Waals surface area contributed by atoms with Crippen molar-refractivity contribution in [3.8, 4) is 0 Å². The van der Waals surface area contributed by atoms with Gasteiger partial charge in [-0.25, -0.2) is 4.79 Å². The van der Waals surface area contributed by atoms with E-state index in [0.29, 0.717) is 0 Å².